The zero-order valence-corrected chi connectivity index (χ0v) is 10.9. The summed E-state index contributed by atoms with van der Waals surface area (Å²) in [6.45, 7) is 6.68. The molecule has 0 radical (unpaired) electrons. The van der Waals surface area contributed by atoms with Crippen molar-refractivity contribution < 1.29 is 0 Å². The van der Waals surface area contributed by atoms with Gasteiger partial charge in [0.2, 0.25) is 0 Å². The van der Waals surface area contributed by atoms with E-state index >= 15 is 0 Å². The average Bonchev–Trinajstić information content (AvgIpc) is 2.28. The molecule has 1 N–H and O–H groups in total. The van der Waals surface area contributed by atoms with E-state index in [-0.39, 0.29) is 11.5 Å². The van der Waals surface area contributed by atoms with Crippen LogP contribution in [-0.4, -0.2) is 17.0 Å². The molecule has 1 atom stereocenters. The Balaban J connectivity index is 2.62. The first kappa shape index (κ1) is 12.0. The first-order valence-electron chi connectivity index (χ1n) is 5.91. The van der Waals surface area contributed by atoms with Gasteiger partial charge in [0.15, 0.2) is 0 Å². The Morgan fingerprint density at radius 1 is 1.12 bits per heavy atom. The number of benzene rings is 1. The van der Waals surface area contributed by atoms with Gasteiger partial charge in [-0.3, -0.25) is 9.97 Å². The van der Waals surface area contributed by atoms with Gasteiger partial charge in [-0.05, 0) is 24.1 Å². The van der Waals surface area contributed by atoms with Crippen LogP contribution < -0.4 is 5.32 Å². The Morgan fingerprint density at radius 2 is 1.82 bits per heavy atom. The fourth-order valence-corrected chi connectivity index (χ4v) is 2.30. The Hall–Kier alpha value is -1.48. The highest BCUT2D eigenvalue weighted by Gasteiger charge is 2.26. The second kappa shape index (κ2) is 4.41. The van der Waals surface area contributed by atoms with Crippen molar-refractivity contribution in [2.24, 2.45) is 5.41 Å². The third-order valence-corrected chi connectivity index (χ3v) is 3.00. The average molecular weight is 229 g/mol. The summed E-state index contributed by atoms with van der Waals surface area (Å²) < 4.78 is 0. The highest BCUT2D eigenvalue weighted by Crippen LogP contribution is 2.34. The molecule has 0 aliphatic carbocycles. The molecule has 0 saturated carbocycles. The van der Waals surface area contributed by atoms with Crippen molar-refractivity contribution in [1.82, 2.24) is 15.3 Å². The Kier molecular flexibility index (Phi) is 3.11. The predicted molar refractivity (Wildman–Crippen MR) is 70.8 cm³/mol. The molecule has 3 nitrogen and oxygen atoms in total. The van der Waals surface area contributed by atoms with E-state index in [1.165, 1.54) is 5.56 Å². The van der Waals surface area contributed by atoms with E-state index in [0.29, 0.717) is 0 Å². The monoisotopic (exact) mass is 229 g/mol. The lowest BCUT2D eigenvalue weighted by atomic mass is 9.82. The maximum absolute atomic E-state index is 4.46. The SMILES string of the molecule is CNC(c1cccc2nccnc12)C(C)(C)C. The molecule has 0 saturated heterocycles. The first-order chi connectivity index (χ1) is 8.04. The van der Waals surface area contributed by atoms with Gasteiger partial charge in [0.05, 0.1) is 11.0 Å². The molecule has 2 aromatic rings. The van der Waals surface area contributed by atoms with E-state index in [4.69, 9.17) is 0 Å². The molecule has 0 amide bonds. The third-order valence-electron chi connectivity index (χ3n) is 3.00. The van der Waals surface area contributed by atoms with Gasteiger partial charge >= 0.3 is 0 Å². The second-order valence-electron chi connectivity index (χ2n) is 5.36. The molecule has 1 heterocycles. The number of hydrogen-bond donors (Lipinski definition) is 1. The summed E-state index contributed by atoms with van der Waals surface area (Å²) in [4.78, 5) is 8.81. The van der Waals surface area contributed by atoms with E-state index in [2.05, 4.69) is 42.1 Å². The molecule has 0 aliphatic heterocycles. The number of nitrogens with one attached hydrogen (secondary N) is 1. The third kappa shape index (κ3) is 2.29. The van der Waals surface area contributed by atoms with Crippen LogP contribution in [0.15, 0.2) is 30.6 Å². The van der Waals surface area contributed by atoms with Gasteiger partial charge in [0, 0.05) is 18.4 Å². The lowest BCUT2D eigenvalue weighted by molar-refractivity contribution is 0.288. The van der Waals surface area contributed by atoms with Crippen molar-refractivity contribution in [3.63, 3.8) is 0 Å². The molecular formula is C14H19N3. The zero-order chi connectivity index (χ0) is 12.5. The van der Waals surface area contributed by atoms with Crippen LogP contribution in [0, 0.1) is 5.41 Å². The van der Waals surface area contributed by atoms with Crippen LogP contribution in [0.5, 0.6) is 0 Å². The lowest BCUT2D eigenvalue weighted by Gasteiger charge is -2.31. The summed E-state index contributed by atoms with van der Waals surface area (Å²) in [5.74, 6) is 0. The number of hydrogen-bond acceptors (Lipinski definition) is 3. The lowest BCUT2D eigenvalue weighted by Crippen LogP contribution is -2.29. The van der Waals surface area contributed by atoms with Gasteiger partial charge < -0.3 is 5.32 Å². The number of para-hydroxylation sites is 1. The summed E-state index contributed by atoms with van der Waals surface area (Å²) >= 11 is 0. The Bertz CT molecular complexity index is 509. The molecular weight excluding hydrogens is 210 g/mol. The number of nitrogens with zero attached hydrogens (tertiary/aromatic N) is 2. The molecule has 3 heteroatoms. The summed E-state index contributed by atoms with van der Waals surface area (Å²) in [6.07, 6.45) is 3.48. The molecule has 0 fully saturated rings. The van der Waals surface area contributed by atoms with Crippen LogP contribution in [0.4, 0.5) is 0 Å². The molecule has 0 aliphatic rings. The van der Waals surface area contributed by atoms with Gasteiger partial charge in [0.25, 0.3) is 0 Å². The summed E-state index contributed by atoms with van der Waals surface area (Å²) in [5.41, 5.74) is 3.30. The van der Waals surface area contributed by atoms with Crippen LogP contribution in [-0.2, 0) is 0 Å². The summed E-state index contributed by atoms with van der Waals surface area (Å²) in [7, 11) is 1.99. The largest absolute Gasteiger partial charge is 0.312 e. The minimum absolute atomic E-state index is 0.139. The van der Waals surface area contributed by atoms with E-state index in [0.717, 1.165) is 11.0 Å². The number of fused-ring (bicyclic) bond motifs is 1. The van der Waals surface area contributed by atoms with Crippen molar-refractivity contribution in [3.05, 3.63) is 36.2 Å². The Morgan fingerprint density at radius 3 is 2.47 bits per heavy atom. The molecule has 1 aromatic heterocycles. The van der Waals surface area contributed by atoms with Crippen molar-refractivity contribution in [3.8, 4) is 0 Å². The molecule has 17 heavy (non-hydrogen) atoms. The van der Waals surface area contributed by atoms with Crippen LogP contribution in [0.3, 0.4) is 0 Å². The van der Waals surface area contributed by atoms with Crippen molar-refractivity contribution in [1.29, 1.82) is 0 Å². The summed E-state index contributed by atoms with van der Waals surface area (Å²) in [6, 6.07) is 6.44. The van der Waals surface area contributed by atoms with Crippen molar-refractivity contribution in [2.45, 2.75) is 26.8 Å². The fourth-order valence-electron chi connectivity index (χ4n) is 2.30. The smallest absolute Gasteiger partial charge is 0.0934 e. The standard InChI is InChI=1S/C14H19N3/c1-14(2,3)13(15-4)10-6-5-7-11-12(10)17-9-8-16-11/h5-9,13,15H,1-4H3. The van der Waals surface area contributed by atoms with Crippen LogP contribution in [0.25, 0.3) is 11.0 Å². The van der Waals surface area contributed by atoms with Gasteiger partial charge in [0.1, 0.15) is 0 Å². The first-order valence-corrected chi connectivity index (χ1v) is 5.91. The van der Waals surface area contributed by atoms with Crippen molar-refractivity contribution in [2.75, 3.05) is 7.05 Å². The van der Waals surface area contributed by atoms with Crippen molar-refractivity contribution >= 4 is 11.0 Å². The molecule has 0 bridgehead atoms. The second-order valence-corrected chi connectivity index (χ2v) is 5.36. The topological polar surface area (TPSA) is 37.8 Å². The van der Waals surface area contributed by atoms with Crippen LogP contribution in [0.1, 0.15) is 32.4 Å². The quantitative estimate of drug-likeness (QED) is 0.860. The maximum atomic E-state index is 4.46. The molecule has 2 rings (SSSR count). The molecule has 1 aromatic carbocycles. The molecule has 1 unspecified atom stereocenters. The normalized spacial score (nSPS) is 13.9. The van der Waals surface area contributed by atoms with Crippen LogP contribution in [0.2, 0.25) is 0 Å². The zero-order valence-electron chi connectivity index (χ0n) is 10.9. The highest BCUT2D eigenvalue weighted by atomic mass is 14.9. The molecule has 0 spiro atoms. The Labute approximate surface area is 102 Å². The van der Waals surface area contributed by atoms with E-state index in [1.54, 1.807) is 12.4 Å². The van der Waals surface area contributed by atoms with E-state index in [1.807, 2.05) is 19.2 Å². The minimum atomic E-state index is 0.139. The maximum Gasteiger partial charge on any atom is 0.0934 e. The van der Waals surface area contributed by atoms with Gasteiger partial charge in [-0.1, -0.05) is 32.9 Å². The fraction of sp³-hybridized carbons (Fsp3) is 0.429. The molecule has 90 valence electrons. The predicted octanol–water partition coefficient (Wildman–Crippen LogP) is 2.94. The van der Waals surface area contributed by atoms with Gasteiger partial charge in [-0.25, -0.2) is 0 Å². The summed E-state index contributed by atoms with van der Waals surface area (Å²) in [5, 5.41) is 3.38. The van der Waals surface area contributed by atoms with E-state index in [9.17, 15) is 0 Å². The van der Waals surface area contributed by atoms with E-state index < -0.39 is 0 Å². The number of rotatable bonds is 2. The van der Waals surface area contributed by atoms with Crippen LogP contribution >= 0.6 is 0 Å². The number of aromatic nitrogens is 2. The minimum Gasteiger partial charge on any atom is -0.312 e. The van der Waals surface area contributed by atoms with Gasteiger partial charge in [-0.2, -0.15) is 0 Å². The van der Waals surface area contributed by atoms with Gasteiger partial charge in [-0.15, -0.1) is 0 Å². The highest BCUT2D eigenvalue weighted by molar-refractivity contribution is 5.78.